The molecule has 7 heteroatoms. The second kappa shape index (κ2) is 8.78. The van der Waals surface area contributed by atoms with Gasteiger partial charge in [0.25, 0.3) is 5.91 Å². The van der Waals surface area contributed by atoms with Crippen LogP contribution in [0, 0.1) is 18.3 Å². The Balaban J connectivity index is 1.35. The first-order valence-electron chi connectivity index (χ1n) is 9.46. The first-order valence-corrected chi connectivity index (χ1v) is 10.3. The van der Waals surface area contributed by atoms with Gasteiger partial charge in [0.05, 0.1) is 27.4 Å². The molecule has 0 aliphatic rings. The Morgan fingerprint density at radius 1 is 1.06 bits per heavy atom. The number of carbonyl (C=O) groups is 2. The molecule has 31 heavy (non-hydrogen) atoms. The van der Waals surface area contributed by atoms with E-state index in [1.54, 1.807) is 23.5 Å². The van der Waals surface area contributed by atoms with Crippen molar-refractivity contribution in [2.45, 2.75) is 6.92 Å². The van der Waals surface area contributed by atoms with Crippen LogP contribution in [0.1, 0.15) is 21.5 Å². The Morgan fingerprint density at radius 3 is 2.52 bits per heavy atom. The first-order chi connectivity index (χ1) is 15.0. The van der Waals surface area contributed by atoms with Gasteiger partial charge in [0, 0.05) is 11.3 Å². The number of aromatic nitrogens is 1. The number of amides is 1. The largest absolute Gasteiger partial charge is 0.452 e. The number of fused-ring (bicyclic) bond motifs is 1. The summed E-state index contributed by atoms with van der Waals surface area (Å²) in [6.07, 6.45) is 0. The third-order valence-corrected chi connectivity index (χ3v) is 5.61. The number of carbonyl (C=O) groups excluding carboxylic acids is 2. The van der Waals surface area contributed by atoms with Crippen LogP contribution in [-0.4, -0.2) is 23.5 Å². The molecular weight excluding hydrogens is 410 g/mol. The van der Waals surface area contributed by atoms with Gasteiger partial charge in [-0.25, -0.2) is 9.78 Å². The van der Waals surface area contributed by atoms with Crippen LogP contribution in [0.4, 0.5) is 5.69 Å². The number of ether oxygens (including phenoxy) is 1. The standard InChI is InChI=1S/C24H17N3O3S/c1-15-2-11-20-21(12-15)31-23(27-20)17-7-9-19(10-8-17)26-22(28)14-30-24(29)18-5-3-16(13-25)4-6-18/h2-12H,14H2,1H3,(H,26,28). The molecule has 1 amide bonds. The van der Waals surface area contributed by atoms with Crippen molar-refractivity contribution in [3.8, 4) is 16.6 Å². The van der Waals surface area contributed by atoms with E-state index in [2.05, 4.69) is 23.3 Å². The molecule has 0 aliphatic heterocycles. The van der Waals surface area contributed by atoms with Crippen LogP contribution in [-0.2, 0) is 9.53 Å². The average Bonchev–Trinajstić information content (AvgIpc) is 3.21. The molecule has 0 atom stereocenters. The van der Waals surface area contributed by atoms with Gasteiger partial charge in [0.15, 0.2) is 6.61 Å². The minimum Gasteiger partial charge on any atom is -0.452 e. The van der Waals surface area contributed by atoms with Crippen LogP contribution in [0.25, 0.3) is 20.8 Å². The number of aryl methyl sites for hydroxylation is 1. The van der Waals surface area contributed by atoms with E-state index >= 15 is 0 Å². The highest BCUT2D eigenvalue weighted by atomic mass is 32.1. The van der Waals surface area contributed by atoms with E-state index in [0.29, 0.717) is 11.3 Å². The molecule has 1 aromatic heterocycles. The maximum atomic E-state index is 12.1. The molecule has 0 spiro atoms. The van der Waals surface area contributed by atoms with Crippen molar-refractivity contribution in [2.24, 2.45) is 0 Å². The smallest absolute Gasteiger partial charge is 0.338 e. The lowest BCUT2D eigenvalue weighted by Gasteiger charge is -2.07. The van der Waals surface area contributed by atoms with Crippen molar-refractivity contribution in [2.75, 3.05) is 11.9 Å². The zero-order valence-electron chi connectivity index (χ0n) is 16.6. The quantitative estimate of drug-likeness (QED) is 0.456. The summed E-state index contributed by atoms with van der Waals surface area (Å²) in [4.78, 5) is 28.8. The number of nitriles is 1. The molecule has 0 radical (unpaired) electrons. The normalized spacial score (nSPS) is 10.5. The van der Waals surface area contributed by atoms with Crippen LogP contribution < -0.4 is 5.32 Å². The van der Waals surface area contributed by atoms with Gasteiger partial charge in [-0.1, -0.05) is 6.07 Å². The third kappa shape index (κ3) is 4.77. The summed E-state index contributed by atoms with van der Waals surface area (Å²) in [5, 5.41) is 12.4. The van der Waals surface area contributed by atoms with Crippen LogP contribution in [0.3, 0.4) is 0 Å². The van der Waals surface area contributed by atoms with Crippen LogP contribution in [0.15, 0.2) is 66.7 Å². The summed E-state index contributed by atoms with van der Waals surface area (Å²) in [7, 11) is 0. The third-order valence-electron chi connectivity index (χ3n) is 4.54. The Kier molecular flexibility index (Phi) is 5.74. The molecule has 0 aliphatic carbocycles. The van der Waals surface area contributed by atoms with E-state index < -0.39 is 18.5 Å². The molecule has 1 N–H and O–H groups in total. The van der Waals surface area contributed by atoms with Gasteiger partial charge >= 0.3 is 5.97 Å². The summed E-state index contributed by atoms with van der Waals surface area (Å²) in [6.45, 7) is 1.65. The highest BCUT2D eigenvalue weighted by molar-refractivity contribution is 7.21. The van der Waals surface area contributed by atoms with Crippen molar-refractivity contribution in [1.82, 2.24) is 4.98 Å². The van der Waals surface area contributed by atoms with E-state index in [-0.39, 0.29) is 5.56 Å². The molecule has 0 fully saturated rings. The van der Waals surface area contributed by atoms with Crippen LogP contribution in [0.2, 0.25) is 0 Å². The molecule has 1 heterocycles. The average molecular weight is 427 g/mol. The predicted octanol–water partition coefficient (Wildman–Crippen LogP) is 4.94. The number of hydrogen-bond donors (Lipinski definition) is 1. The van der Waals surface area contributed by atoms with Gasteiger partial charge in [-0.05, 0) is 73.2 Å². The number of hydrogen-bond acceptors (Lipinski definition) is 6. The lowest BCUT2D eigenvalue weighted by Crippen LogP contribution is -2.20. The number of rotatable bonds is 5. The Morgan fingerprint density at radius 2 is 1.81 bits per heavy atom. The zero-order chi connectivity index (χ0) is 21.8. The molecule has 3 aromatic carbocycles. The van der Waals surface area contributed by atoms with Crippen molar-refractivity contribution in [3.05, 3.63) is 83.4 Å². The molecular formula is C24H17N3O3S. The number of thiazole rings is 1. The molecule has 0 unspecified atom stereocenters. The molecule has 4 aromatic rings. The molecule has 6 nitrogen and oxygen atoms in total. The van der Waals surface area contributed by atoms with Gasteiger partial charge in [0.1, 0.15) is 5.01 Å². The highest BCUT2D eigenvalue weighted by Crippen LogP contribution is 2.31. The summed E-state index contributed by atoms with van der Waals surface area (Å²) < 4.78 is 6.17. The molecule has 0 saturated carbocycles. The fourth-order valence-electron chi connectivity index (χ4n) is 2.94. The number of nitrogens with zero attached hydrogens (tertiary/aromatic N) is 2. The fourth-order valence-corrected chi connectivity index (χ4v) is 4.01. The SMILES string of the molecule is Cc1ccc2nc(-c3ccc(NC(=O)COC(=O)c4ccc(C#N)cc4)cc3)sc2c1. The first kappa shape index (κ1) is 20.3. The van der Waals surface area contributed by atoms with E-state index in [1.807, 2.05) is 30.3 Å². The van der Waals surface area contributed by atoms with Gasteiger partial charge in [-0.2, -0.15) is 5.26 Å². The van der Waals surface area contributed by atoms with Crippen LogP contribution in [0.5, 0.6) is 0 Å². The summed E-state index contributed by atoms with van der Waals surface area (Å²) in [5.74, 6) is -1.06. The van der Waals surface area contributed by atoms with Crippen molar-refractivity contribution >= 4 is 39.1 Å². The number of nitrogens with one attached hydrogen (secondary N) is 1. The van der Waals surface area contributed by atoms with Gasteiger partial charge in [-0.3, -0.25) is 4.79 Å². The van der Waals surface area contributed by atoms with Crippen molar-refractivity contribution in [1.29, 1.82) is 5.26 Å². The van der Waals surface area contributed by atoms with E-state index in [0.717, 1.165) is 20.8 Å². The van der Waals surface area contributed by atoms with E-state index in [9.17, 15) is 9.59 Å². The molecule has 152 valence electrons. The lowest BCUT2D eigenvalue weighted by molar-refractivity contribution is -0.119. The number of benzene rings is 3. The predicted molar refractivity (Wildman–Crippen MR) is 120 cm³/mol. The van der Waals surface area contributed by atoms with Crippen LogP contribution >= 0.6 is 11.3 Å². The summed E-state index contributed by atoms with van der Waals surface area (Å²) >= 11 is 1.62. The maximum Gasteiger partial charge on any atom is 0.338 e. The molecule has 4 rings (SSSR count). The number of esters is 1. The highest BCUT2D eigenvalue weighted by Gasteiger charge is 2.11. The van der Waals surface area contributed by atoms with Gasteiger partial charge < -0.3 is 10.1 Å². The minimum absolute atomic E-state index is 0.280. The second-order valence-electron chi connectivity index (χ2n) is 6.88. The summed E-state index contributed by atoms with van der Waals surface area (Å²) in [6, 6.07) is 21.5. The van der Waals surface area contributed by atoms with E-state index in [4.69, 9.17) is 10.00 Å². The minimum atomic E-state index is -0.624. The van der Waals surface area contributed by atoms with Gasteiger partial charge in [-0.15, -0.1) is 11.3 Å². The zero-order valence-corrected chi connectivity index (χ0v) is 17.4. The van der Waals surface area contributed by atoms with Crippen molar-refractivity contribution in [3.63, 3.8) is 0 Å². The monoisotopic (exact) mass is 427 g/mol. The van der Waals surface area contributed by atoms with E-state index in [1.165, 1.54) is 29.8 Å². The topological polar surface area (TPSA) is 92.1 Å². The molecule has 0 saturated heterocycles. The lowest BCUT2D eigenvalue weighted by atomic mass is 10.1. The summed E-state index contributed by atoms with van der Waals surface area (Å²) in [5.41, 5.74) is 4.44. The van der Waals surface area contributed by atoms with Gasteiger partial charge in [0.2, 0.25) is 0 Å². The maximum absolute atomic E-state index is 12.1. The Hall–Kier alpha value is -4.02. The fraction of sp³-hybridized carbons (Fsp3) is 0.0833. The Labute approximate surface area is 182 Å². The molecule has 0 bridgehead atoms. The number of anilines is 1. The van der Waals surface area contributed by atoms with Crippen molar-refractivity contribution < 1.29 is 14.3 Å². The Bertz CT molecular complexity index is 1300. The second-order valence-corrected chi connectivity index (χ2v) is 7.91.